The van der Waals surface area contributed by atoms with Crippen molar-refractivity contribution in [3.63, 3.8) is 0 Å². The SMILES string of the molecule is CC(c1ccccc1)N1C(=O)C2C(c3ccc(Cl)cc3)OC3(C(=O)c4ccccc4C3=O)C2C1=O. The number of amides is 2. The highest BCUT2D eigenvalue weighted by molar-refractivity contribution is 6.35. The molecule has 0 bridgehead atoms. The van der Waals surface area contributed by atoms with Crippen molar-refractivity contribution in [1.29, 1.82) is 0 Å². The molecule has 2 heterocycles. The summed E-state index contributed by atoms with van der Waals surface area (Å²) < 4.78 is 6.27. The molecule has 2 amide bonds. The van der Waals surface area contributed by atoms with E-state index in [0.29, 0.717) is 10.6 Å². The zero-order valence-electron chi connectivity index (χ0n) is 18.7. The molecule has 0 N–H and O–H groups in total. The Morgan fingerprint density at radius 2 is 1.37 bits per heavy atom. The number of benzene rings is 3. The summed E-state index contributed by atoms with van der Waals surface area (Å²) in [5, 5.41) is 0.492. The van der Waals surface area contributed by atoms with Crippen molar-refractivity contribution in [1.82, 2.24) is 4.90 Å². The summed E-state index contributed by atoms with van der Waals surface area (Å²) in [5.74, 6) is -4.43. The fourth-order valence-corrected chi connectivity index (χ4v) is 5.88. The molecule has 2 aliphatic heterocycles. The number of fused-ring (bicyclic) bond motifs is 3. The van der Waals surface area contributed by atoms with Crippen LogP contribution in [0.2, 0.25) is 5.02 Å². The molecule has 0 radical (unpaired) electrons. The smallest absolute Gasteiger partial charge is 0.237 e. The molecule has 1 aliphatic carbocycles. The van der Waals surface area contributed by atoms with Gasteiger partial charge in [-0.15, -0.1) is 0 Å². The lowest BCUT2D eigenvalue weighted by molar-refractivity contribution is -0.147. The van der Waals surface area contributed by atoms with Crippen molar-refractivity contribution in [2.75, 3.05) is 0 Å². The molecule has 3 aromatic rings. The Balaban J connectivity index is 1.51. The van der Waals surface area contributed by atoms with Crippen LogP contribution < -0.4 is 0 Å². The van der Waals surface area contributed by atoms with Gasteiger partial charge in [0.05, 0.1) is 24.0 Å². The quantitative estimate of drug-likeness (QED) is 0.400. The molecular formula is C28H20ClNO5. The van der Waals surface area contributed by atoms with E-state index in [-0.39, 0.29) is 11.1 Å². The van der Waals surface area contributed by atoms with Crippen molar-refractivity contribution < 1.29 is 23.9 Å². The monoisotopic (exact) mass is 485 g/mol. The van der Waals surface area contributed by atoms with Gasteiger partial charge in [-0.2, -0.15) is 0 Å². The predicted octanol–water partition coefficient (Wildman–Crippen LogP) is 4.59. The van der Waals surface area contributed by atoms with E-state index >= 15 is 0 Å². The summed E-state index contributed by atoms with van der Waals surface area (Å²) >= 11 is 6.06. The molecule has 6 nitrogen and oxygen atoms in total. The first-order chi connectivity index (χ1) is 16.9. The number of ketones is 2. The molecule has 6 rings (SSSR count). The van der Waals surface area contributed by atoms with E-state index in [1.807, 2.05) is 30.3 Å². The second-order valence-electron chi connectivity index (χ2n) is 9.17. The zero-order valence-corrected chi connectivity index (χ0v) is 19.4. The lowest BCUT2D eigenvalue weighted by Gasteiger charge is -2.30. The van der Waals surface area contributed by atoms with Gasteiger partial charge in [0.25, 0.3) is 0 Å². The highest BCUT2D eigenvalue weighted by atomic mass is 35.5. The number of halogens is 1. The number of likely N-dealkylation sites (tertiary alicyclic amines) is 1. The Morgan fingerprint density at radius 1 is 0.800 bits per heavy atom. The molecule has 0 saturated carbocycles. The van der Waals surface area contributed by atoms with Crippen LogP contribution in [-0.4, -0.2) is 33.9 Å². The van der Waals surface area contributed by atoms with Gasteiger partial charge in [-0.3, -0.25) is 24.1 Å². The fraction of sp³-hybridized carbons (Fsp3) is 0.214. The number of imide groups is 1. The van der Waals surface area contributed by atoms with Crippen molar-refractivity contribution >= 4 is 35.0 Å². The van der Waals surface area contributed by atoms with Crippen LogP contribution in [0.15, 0.2) is 78.9 Å². The lowest BCUT2D eigenvalue weighted by Crippen LogP contribution is -2.51. The van der Waals surface area contributed by atoms with E-state index < -0.39 is 53.0 Å². The Kier molecular flexibility index (Phi) is 4.82. The molecule has 3 aromatic carbocycles. The predicted molar refractivity (Wildman–Crippen MR) is 127 cm³/mol. The molecule has 4 unspecified atom stereocenters. The number of hydrogen-bond donors (Lipinski definition) is 0. The summed E-state index contributed by atoms with van der Waals surface area (Å²) in [4.78, 5) is 56.5. The van der Waals surface area contributed by atoms with Crippen LogP contribution in [0.1, 0.15) is 50.9 Å². The molecular weight excluding hydrogens is 466 g/mol. The average Bonchev–Trinajstić information content (AvgIpc) is 3.44. The Labute approximate surface area is 206 Å². The van der Waals surface area contributed by atoms with Crippen molar-refractivity contribution in [3.05, 3.63) is 106 Å². The summed E-state index contributed by atoms with van der Waals surface area (Å²) in [6.07, 6.45) is -0.955. The van der Waals surface area contributed by atoms with Gasteiger partial charge in [0.2, 0.25) is 29.0 Å². The van der Waals surface area contributed by atoms with Crippen molar-refractivity contribution in [3.8, 4) is 0 Å². The van der Waals surface area contributed by atoms with Crippen LogP contribution in [0, 0.1) is 11.8 Å². The van der Waals surface area contributed by atoms with Crippen LogP contribution in [0.25, 0.3) is 0 Å². The zero-order chi connectivity index (χ0) is 24.5. The third-order valence-electron chi connectivity index (χ3n) is 7.42. The topological polar surface area (TPSA) is 80.8 Å². The maximum Gasteiger partial charge on any atom is 0.237 e. The van der Waals surface area contributed by atoms with E-state index in [2.05, 4.69) is 0 Å². The summed E-state index contributed by atoms with van der Waals surface area (Å²) in [6.45, 7) is 1.77. The molecule has 0 aromatic heterocycles. The van der Waals surface area contributed by atoms with E-state index in [0.717, 1.165) is 5.56 Å². The summed E-state index contributed by atoms with van der Waals surface area (Å²) in [7, 11) is 0. The van der Waals surface area contributed by atoms with Crippen molar-refractivity contribution in [2.45, 2.75) is 24.7 Å². The molecule has 1 spiro atoms. The molecule has 2 saturated heterocycles. The van der Waals surface area contributed by atoms with Gasteiger partial charge in [0, 0.05) is 16.1 Å². The van der Waals surface area contributed by atoms with Crippen LogP contribution >= 0.6 is 11.6 Å². The highest BCUT2D eigenvalue weighted by Gasteiger charge is 2.74. The number of carbonyl (C=O) groups excluding carboxylic acids is 4. The van der Waals surface area contributed by atoms with Gasteiger partial charge in [0.15, 0.2) is 0 Å². The van der Waals surface area contributed by atoms with Crippen LogP contribution in [0.3, 0.4) is 0 Å². The Hall–Kier alpha value is -3.61. The minimum atomic E-state index is -2.07. The second-order valence-corrected chi connectivity index (χ2v) is 9.60. The normalized spacial score (nSPS) is 25.3. The third kappa shape index (κ3) is 2.87. The van der Waals surface area contributed by atoms with Gasteiger partial charge in [-0.1, -0.05) is 78.3 Å². The molecule has 7 heteroatoms. The second kappa shape index (κ2) is 7.70. The molecule has 4 atom stereocenters. The van der Waals surface area contributed by atoms with Crippen LogP contribution in [0.4, 0.5) is 0 Å². The molecule has 174 valence electrons. The number of nitrogens with zero attached hydrogens (tertiary/aromatic N) is 1. The molecule has 2 fully saturated rings. The number of hydrogen-bond acceptors (Lipinski definition) is 5. The minimum Gasteiger partial charge on any atom is -0.349 e. The number of ether oxygens (including phenoxy) is 1. The van der Waals surface area contributed by atoms with Gasteiger partial charge in [-0.05, 0) is 30.2 Å². The standard InChI is InChI=1S/C28H20ClNO5/c1-15(16-7-3-2-4-8-16)30-26(33)21-22(27(30)34)28(35-23(21)17-11-13-18(29)14-12-17)24(31)19-9-5-6-10-20(19)25(28)32/h2-15,21-23H,1H3. The maximum atomic E-state index is 13.9. The number of rotatable bonds is 3. The number of carbonyl (C=O) groups is 4. The largest absolute Gasteiger partial charge is 0.349 e. The Morgan fingerprint density at radius 3 is 1.97 bits per heavy atom. The van der Waals surface area contributed by atoms with Gasteiger partial charge in [-0.25, -0.2) is 0 Å². The highest BCUT2D eigenvalue weighted by Crippen LogP contribution is 2.58. The first-order valence-electron chi connectivity index (χ1n) is 11.4. The van der Waals surface area contributed by atoms with E-state index in [1.165, 1.54) is 4.90 Å². The number of Topliss-reactive ketones (excluding diaryl/α,β-unsaturated/α-hetero) is 2. The van der Waals surface area contributed by atoms with Crippen molar-refractivity contribution in [2.24, 2.45) is 11.8 Å². The van der Waals surface area contributed by atoms with Crippen LogP contribution in [0.5, 0.6) is 0 Å². The minimum absolute atomic E-state index is 0.211. The van der Waals surface area contributed by atoms with E-state index in [1.54, 1.807) is 55.5 Å². The summed E-state index contributed by atoms with van der Waals surface area (Å²) in [6, 6.07) is 21.8. The van der Waals surface area contributed by atoms with Gasteiger partial charge >= 0.3 is 0 Å². The van der Waals surface area contributed by atoms with Gasteiger partial charge < -0.3 is 4.74 Å². The molecule has 35 heavy (non-hydrogen) atoms. The van der Waals surface area contributed by atoms with E-state index in [4.69, 9.17) is 16.3 Å². The van der Waals surface area contributed by atoms with Gasteiger partial charge in [0.1, 0.15) is 0 Å². The summed E-state index contributed by atoms with van der Waals surface area (Å²) in [5.41, 5.74) is -0.297. The maximum absolute atomic E-state index is 13.9. The third-order valence-corrected chi connectivity index (χ3v) is 7.67. The first-order valence-corrected chi connectivity index (χ1v) is 11.8. The Bertz CT molecular complexity index is 1370. The fourth-order valence-electron chi connectivity index (χ4n) is 5.76. The first kappa shape index (κ1) is 21.9. The van der Waals surface area contributed by atoms with E-state index in [9.17, 15) is 19.2 Å². The van der Waals surface area contributed by atoms with Crippen LogP contribution in [-0.2, 0) is 14.3 Å². The molecule has 3 aliphatic rings. The average molecular weight is 486 g/mol. The lowest BCUT2D eigenvalue weighted by atomic mass is 9.77.